The van der Waals surface area contributed by atoms with Gasteiger partial charge in [-0.25, -0.2) is 9.36 Å². The first kappa shape index (κ1) is 12.4. The number of methoxy groups -OCH3 is 2. The number of nitrogens with zero attached hydrogens (tertiary/aromatic N) is 2. The molecule has 15 heavy (non-hydrogen) atoms. The zero-order valence-corrected chi connectivity index (χ0v) is 10.6. The standard InChI is InChI=1S/C8H11IN2O4/c1-14-4-10-3-6(9)7(12)11(5-15-2)8(10)13/h3H,4-5H2,1-2H3. The van der Waals surface area contributed by atoms with Crippen LogP contribution in [0.2, 0.25) is 0 Å². The number of rotatable bonds is 4. The summed E-state index contributed by atoms with van der Waals surface area (Å²) in [5.41, 5.74) is -0.793. The third-order valence-electron chi connectivity index (χ3n) is 1.72. The Hall–Kier alpha value is -0.670. The largest absolute Gasteiger partial charge is 0.364 e. The van der Waals surface area contributed by atoms with Crippen molar-refractivity contribution >= 4 is 22.6 Å². The highest BCUT2D eigenvalue weighted by Crippen LogP contribution is 1.94. The second-order valence-corrected chi connectivity index (χ2v) is 3.96. The summed E-state index contributed by atoms with van der Waals surface area (Å²) >= 11 is 1.87. The van der Waals surface area contributed by atoms with Gasteiger partial charge < -0.3 is 9.47 Å². The predicted octanol–water partition coefficient (Wildman–Crippen LogP) is -0.178. The van der Waals surface area contributed by atoms with Gasteiger partial charge >= 0.3 is 5.69 Å². The lowest BCUT2D eigenvalue weighted by atomic mass is 10.6. The SMILES string of the molecule is COCn1cc(I)c(=O)n(COC)c1=O. The Kier molecular flexibility index (Phi) is 4.48. The normalized spacial score (nSPS) is 10.6. The Morgan fingerprint density at radius 3 is 2.40 bits per heavy atom. The van der Waals surface area contributed by atoms with Crippen LogP contribution < -0.4 is 11.2 Å². The van der Waals surface area contributed by atoms with Crippen LogP contribution in [0.3, 0.4) is 0 Å². The maximum Gasteiger partial charge on any atom is 0.334 e. The second kappa shape index (κ2) is 5.42. The Balaban J connectivity index is 3.35. The van der Waals surface area contributed by atoms with E-state index in [4.69, 9.17) is 9.47 Å². The van der Waals surface area contributed by atoms with Crippen LogP contribution in [0, 0.1) is 3.57 Å². The molecule has 7 heteroatoms. The van der Waals surface area contributed by atoms with Crippen LogP contribution in [-0.2, 0) is 22.9 Å². The zero-order valence-electron chi connectivity index (χ0n) is 8.40. The maximum atomic E-state index is 11.7. The average Bonchev–Trinajstić information content (AvgIpc) is 2.21. The molecule has 0 amide bonds. The van der Waals surface area contributed by atoms with Crippen molar-refractivity contribution < 1.29 is 9.47 Å². The predicted molar refractivity (Wildman–Crippen MR) is 61.7 cm³/mol. The van der Waals surface area contributed by atoms with Gasteiger partial charge in [0.05, 0.1) is 3.57 Å². The molecule has 0 fully saturated rings. The summed E-state index contributed by atoms with van der Waals surface area (Å²) in [6.45, 7) is 0.0526. The smallest absolute Gasteiger partial charge is 0.334 e. The van der Waals surface area contributed by atoms with Gasteiger partial charge in [0, 0.05) is 20.4 Å². The first-order valence-electron chi connectivity index (χ1n) is 4.09. The van der Waals surface area contributed by atoms with Crippen molar-refractivity contribution in [3.63, 3.8) is 0 Å². The first-order chi connectivity index (χ1) is 7.11. The minimum atomic E-state index is -0.441. The van der Waals surface area contributed by atoms with Gasteiger partial charge in [-0.1, -0.05) is 0 Å². The van der Waals surface area contributed by atoms with Crippen LogP contribution in [0.1, 0.15) is 0 Å². The molecule has 0 spiro atoms. The average molecular weight is 326 g/mol. The number of halogens is 1. The Morgan fingerprint density at radius 1 is 1.27 bits per heavy atom. The molecule has 0 aliphatic heterocycles. The number of ether oxygens (including phenoxy) is 2. The topological polar surface area (TPSA) is 62.5 Å². The molecule has 0 saturated heterocycles. The van der Waals surface area contributed by atoms with Crippen molar-refractivity contribution in [2.24, 2.45) is 0 Å². The molecule has 0 aromatic carbocycles. The van der Waals surface area contributed by atoms with E-state index >= 15 is 0 Å². The molecule has 84 valence electrons. The molecule has 0 N–H and O–H groups in total. The van der Waals surface area contributed by atoms with Crippen molar-refractivity contribution in [3.8, 4) is 0 Å². The van der Waals surface area contributed by atoms with E-state index in [9.17, 15) is 9.59 Å². The molecule has 1 aromatic rings. The monoisotopic (exact) mass is 326 g/mol. The van der Waals surface area contributed by atoms with Gasteiger partial charge in [0.2, 0.25) is 0 Å². The van der Waals surface area contributed by atoms with E-state index in [-0.39, 0.29) is 19.0 Å². The van der Waals surface area contributed by atoms with Gasteiger partial charge in [-0.15, -0.1) is 0 Å². The molecule has 0 saturated carbocycles. The summed E-state index contributed by atoms with van der Waals surface area (Å²) in [5.74, 6) is 0. The molecule has 6 nitrogen and oxygen atoms in total. The molecule has 0 radical (unpaired) electrons. The molecular formula is C8H11IN2O4. The van der Waals surface area contributed by atoms with E-state index in [1.165, 1.54) is 25.0 Å². The molecule has 1 heterocycles. The quantitative estimate of drug-likeness (QED) is 0.721. The van der Waals surface area contributed by atoms with Gasteiger partial charge in [-0.05, 0) is 22.6 Å². The first-order valence-corrected chi connectivity index (χ1v) is 5.17. The van der Waals surface area contributed by atoms with Gasteiger partial charge in [-0.2, -0.15) is 0 Å². The van der Waals surface area contributed by atoms with Crippen LogP contribution in [0.5, 0.6) is 0 Å². The number of aromatic nitrogens is 2. The highest BCUT2D eigenvalue weighted by Gasteiger charge is 2.08. The van der Waals surface area contributed by atoms with Crippen molar-refractivity contribution in [2.45, 2.75) is 13.5 Å². The Bertz CT molecular complexity index is 451. The highest BCUT2D eigenvalue weighted by atomic mass is 127. The lowest BCUT2D eigenvalue weighted by Crippen LogP contribution is -2.41. The number of hydrogen-bond donors (Lipinski definition) is 0. The minimum Gasteiger partial charge on any atom is -0.364 e. The fourth-order valence-corrected chi connectivity index (χ4v) is 1.72. The van der Waals surface area contributed by atoms with Crippen LogP contribution in [0.15, 0.2) is 15.8 Å². The summed E-state index contributed by atoms with van der Waals surface area (Å²) < 4.78 is 12.4. The summed E-state index contributed by atoms with van der Waals surface area (Å²) in [6, 6.07) is 0. The van der Waals surface area contributed by atoms with E-state index in [0.717, 1.165) is 4.57 Å². The lowest BCUT2D eigenvalue weighted by Gasteiger charge is -2.09. The third-order valence-corrected chi connectivity index (χ3v) is 2.46. The Morgan fingerprint density at radius 2 is 1.87 bits per heavy atom. The van der Waals surface area contributed by atoms with E-state index in [2.05, 4.69) is 0 Å². The lowest BCUT2D eigenvalue weighted by molar-refractivity contribution is 0.105. The van der Waals surface area contributed by atoms with Crippen LogP contribution >= 0.6 is 22.6 Å². The van der Waals surface area contributed by atoms with Crippen molar-refractivity contribution in [2.75, 3.05) is 14.2 Å². The van der Waals surface area contributed by atoms with Gasteiger partial charge in [-0.3, -0.25) is 9.36 Å². The van der Waals surface area contributed by atoms with E-state index in [0.29, 0.717) is 3.57 Å². The summed E-state index contributed by atoms with van der Waals surface area (Å²) in [5, 5.41) is 0. The van der Waals surface area contributed by atoms with Gasteiger partial charge in [0.1, 0.15) is 13.5 Å². The summed E-state index contributed by atoms with van der Waals surface area (Å²) in [7, 11) is 2.90. The van der Waals surface area contributed by atoms with Crippen LogP contribution in [0.25, 0.3) is 0 Å². The van der Waals surface area contributed by atoms with Gasteiger partial charge in [0.15, 0.2) is 0 Å². The molecule has 1 rings (SSSR count). The molecule has 1 aromatic heterocycles. The van der Waals surface area contributed by atoms with Crippen molar-refractivity contribution in [3.05, 3.63) is 30.6 Å². The molecule has 0 bridgehead atoms. The second-order valence-electron chi connectivity index (χ2n) is 2.80. The number of hydrogen-bond acceptors (Lipinski definition) is 4. The Labute approximate surface area is 99.6 Å². The minimum absolute atomic E-state index is 0.0573. The van der Waals surface area contributed by atoms with Gasteiger partial charge in [0.25, 0.3) is 5.56 Å². The van der Waals surface area contributed by atoms with Crippen molar-refractivity contribution in [1.29, 1.82) is 0 Å². The molecule has 0 aliphatic rings. The van der Waals surface area contributed by atoms with E-state index in [1.807, 2.05) is 22.6 Å². The van der Waals surface area contributed by atoms with Crippen LogP contribution in [0.4, 0.5) is 0 Å². The van der Waals surface area contributed by atoms with E-state index < -0.39 is 5.69 Å². The summed E-state index contributed by atoms with van der Waals surface area (Å²) in [6.07, 6.45) is 1.46. The fourth-order valence-electron chi connectivity index (χ4n) is 1.09. The molecule has 0 aliphatic carbocycles. The zero-order chi connectivity index (χ0) is 11.4. The molecule has 0 atom stereocenters. The molecule has 0 unspecified atom stereocenters. The maximum absolute atomic E-state index is 11.7. The summed E-state index contributed by atoms with van der Waals surface area (Å²) in [4.78, 5) is 23.2. The van der Waals surface area contributed by atoms with Crippen molar-refractivity contribution in [1.82, 2.24) is 9.13 Å². The third kappa shape index (κ3) is 2.67. The fraction of sp³-hybridized carbons (Fsp3) is 0.500. The molecular weight excluding hydrogens is 315 g/mol. The van der Waals surface area contributed by atoms with E-state index in [1.54, 1.807) is 0 Å². The highest BCUT2D eigenvalue weighted by molar-refractivity contribution is 14.1. The van der Waals surface area contributed by atoms with Crippen LogP contribution in [-0.4, -0.2) is 23.4 Å².